The summed E-state index contributed by atoms with van der Waals surface area (Å²) in [6, 6.07) is 84.1. The van der Waals surface area contributed by atoms with E-state index in [1.807, 2.05) is 30.3 Å². The fourth-order valence-corrected chi connectivity index (χ4v) is 9.76. The molecule has 0 saturated heterocycles. The van der Waals surface area contributed by atoms with Crippen LogP contribution in [0, 0.1) is 11.3 Å². The van der Waals surface area contributed by atoms with Gasteiger partial charge in [-0.2, -0.15) is 5.26 Å². The minimum Gasteiger partial charge on any atom is -0.312 e. The molecule has 0 fully saturated rings. The molecule has 0 aromatic heterocycles. The highest BCUT2D eigenvalue weighted by Gasteiger charge is 2.22. The summed E-state index contributed by atoms with van der Waals surface area (Å²) in [4.78, 5) is 0. The summed E-state index contributed by atoms with van der Waals surface area (Å²) in [5.41, 5.74) is 20.3. The maximum atomic E-state index is 9.36. The molecule has 4 N–H and O–H groups in total. The van der Waals surface area contributed by atoms with E-state index in [0.717, 1.165) is 44.5 Å². The third-order valence-corrected chi connectivity index (χ3v) is 13.0. The predicted molar refractivity (Wildman–Crippen MR) is 275 cm³/mol. The van der Waals surface area contributed by atoms with Crippen LogP contribution in [0.1, 0.15) is 34.6 Å². The molecule has 0 aliphatic carbocycles. The molecule has 314 valence electrons. The Bertz CT molecular complexity index is 3590. The van der Waals surface area contributed by atoms with Crippen molar-refractivity contribution >= 4 is 43.1 Å². The van der Waals surface area contributed by atoms with Gasteiger partial charge < -0.3 is 5.73 Å². The van der Waals surface area contributed by atoms with Crippen LogP contribution in [0.2, 0.25) is 0 Å². The summed E-state index contributed by atoms with van der Waals surface area (Å²) in [7, 11) is 0. The molecule has 0 spiro atoms. The number of nitrogens with one attached hydrogen (secondary N) is 2. The molecular formula is C62H46N4. The third-order valence-electron chi connectivity index (χ3n) is 13.0. The van der Waals surface area contributed by atoms with Crippen LogP contribution in [0.5, 0.6) is 0 Å². The maximum absolute atomic E-state index is 9.36. The summed E-state index contributed by atoms with van der Waals surface area (Å²) >= 11 is 0. The second kappa shape index (κ2) is 17.8. The lowest BCUT2D eigenvalue weighted by molar-refractivity contribution is 0.386. The normalized spacial score (nSPS) is 12.4. The van der Waals surface area contributed by atoms with Crippen molar-refractivity contribution in [2.45, 2.75) is 18.9 Å². The quantitative estimate of drug-likeness (QED) is 0.0689. The van der Waals surface area contributed by atoms with Gasteiger partial charge in [-0.1, -0.05) is 206 Å². The molecule has 11 rings (SSSR count). The Morgan fingerprint density at radius 3 is 1.85 bits per heavy atom. The predicted octanol–water partition coefficient (Wildman–Crippen LogP) is 14.9. The van der Waals surface area contributed by atoms with E-state index in [1.54, 1.807) is 0 Å². The molecule has 0 heterocycles. The molecular weight excluding hydrogens is 801 g/mol. The van der Waals surface area contributed by atoms with E-state index in [4.69, 9.17) is 5.73 Å². The zero-order chi connectivity index (χ0) is 44.4. The number of benzene rings is 11. The molecule has 11 aromatic rings. The molecule has 4 heteroatoms. The lowest BCUT2D eigenvalue weighted by atomic mass is 9.83. The smallest absolute Gasteiger partial charge is 0.0991 e. The van der Waals surface area contributed by atoms with E-state index in [9.17, 15) is 5.26 Å². The van der Waals surface area contributed by atoms with Gasteiger partial charge in [0.05, 0.1) is 24.0 Å². The van der Waals surface area contributed by atoms with Gasteiger partial charge in [0.2, 0.25) is 0 Å². The number of nitriles is 1. The lowest BCUT2D eigenvalue weighted by Gasteiger charge is -2.27. The maximum Gasteiger partial charge on any atom is 0.0991 e. The summed E-state index contributed by atoms with van der Waals surface area (Å²) < 4.78 is 0. The number of rotatable bonds is 11. The Balaban J connectivity index is 1.01. The monoisotopic (exact) mass is 846 g/mol. The summed E-state index contributed by atoms with van der Waals surface area (Å²) in [5.74, 6) is 0. The molecule has 2 atom stereocenters. The van der Waals surface area contributed by atoms with Crippen molar-refractivity contribution in [2.75, 3.05) is 0 Å². The van der Waals surface area contributed by atoms with Crippen LogP contribution in [-0.2, 0) is 6.54 Å². The molecule has 0 amide bonds. The van der Waals surface area contributed by atoms with Gasteiger partial charge >= 0.3 is 0 Å². The average molecular weight is 847 g/mol. The van der Waals surface area contributed by atoms with Gasteiger partial charge in [-0.25, -0.2) is 0 Å². The van der Waals surface area contributed by atoms with Crippen LogP contribution in [0.25, 0.3) is 87.6 Å². The largest absolute Gasteiger partial charge is 0.312 e. The molecule has 4 nitrogen and oxygen atoms in total. The van der Waals surface area contributed by atoms with Crippen LogP contribution in [0.4, 0.5) is 0 Å². The fourth-order valence-electron chi connectivity index (χ4n) is 9.76. The third kappa shape index (κ3) is 7.79. The van der Waals surface area contributed by atoms with E-state index in [2.05, 4.69) is 217 Å². The SMILES string of the molecule is N#Cc1ccc(-c2cccc(CNC(NC(N)c3ccccc3-c3ccccc3)c3ccc(-c4c5ccccc5c(-c5ccc6ccccc6c5)c5c4ccc4ccccc45)cc3)c2)cc1. The highest BCUT2D eigenvalue weighted by molar-refractivity contribution is 6.28. The lowest BCUT2D eigenvalue weighted by Crippen LogP contribution is -2.40. The zero-order valence-electron chi connectivity index (χ0n) is 36.3. The minimum absolute atomic E-state index is 0.302. The van der Waals surface area contributed by atoms with Gasteiger partial charge in [-0.05, 0) is 129 Å². The van der Waals surface area contributed by atoms with E-state index < -0.39 is 6.17 Å². The average Bonchev–Trinajstić information content (AvgIpc) is 3.39. The molecule has 0 aliphatic heterocycles. The van der Waals surface area contributed by atoms with Crippen molar-refractivity contribution in [3.63, 3.8) is 0 Å². The van der Waals surface area contributed by atoms with Crippen LogP contribution in [0.3, 0.4) is 0 Å². The Labute approximate surface area is 385 Å². The van der Waals surface area contributed by atoms with Crippen molar-refractivity contribution in [3.8, 4) is 50.6 Å². The van der Waals surface area contributed by atoms with E-state index >= 15 is 0 Å². The van der Waals surface area contributed by atoms with E-state index in [0.29, 0.717) is 12.1 Å². The second-order valence-corrected chi connectivity index (χ2v) is 17.0. The summed E-state index contributed by atoms with van der Waals surface area (Å²) in [6.45, 7) is 0.592. The van der Waals surface area contributed by atoms with Crippen LogP contribution in [0.15, 0.2) is 231 Å². The molecule has 66 heavy (non-hydrogen) atoms. The Hall–Kier alpha value is -8.17. The summed E-state index contributed by atoms with van der Waals surface area (Å²) in [6.07, 6.45) is -0.781. The Morgan fingerprint density at radius 2 is 1.06 bits per heavy atom. The standard InChI is InChI=1S/C62H46N4/c63-39-41-25-27-44(28-26-41)49-19-12-13-42(37-49)40-65-62(66-61(64)56-24-11-8-20-52(56)45-15-2-1-3-16-45)48-32-30-47(31-33-48)58-54-22-9-10-23-55(54)59(51-34-29-43-14-4-5-18-50(43)38-51)60-53-21-7-6-17-46(53)35-36-57(58)60/h1-38,61-62,65-66H,40,64H2. The van der Waals surface area contributed by atoms with Crippen molar-refractivity contribution in [1.82, 2.24) is 10.6 Å². The molecule has 2 unspecified atom stereocenters. The molecule has 0 radical (unpaired) electrons. The van der Waals surface area contributed by atoms with E-state index in [-0.39, 0.29) is 6.17 Å². The van der Waals surface area contributed by atoms with Gasteiger partial charge in [0.25, 0.3) is 0 Å². The Morgan fingerprint density at radius 1 is 0.439 bits per heavy atom. The van der Waals surface area contributed by atoms with Crippen LogP contribution in [-0.4, -0.2) is 0 Å². The molecule has 0 bridgehead atoms. The number of hydrogen-bond acceptors (Lipinski definition) is 4. The van der Waals surface area contributed by atoms with Crippen molar-refractivity contribution in [3.05, 3.63) is 253 Å². The molecule has 11 aromatic carbocycles. The second-order valence-electron chi connectivity index (χ2n) is 17.0. The first-order chi connectivity index (χ1) is 32.6. The van der Waals surface area contributed by atoms with Gasteiger partial charge in [0.15, 0.2) is 0 Å². The first-order valence-corrected chi connectivity index (χ1v) is 22.5. The van der Waals surface area contributed by atoms with Crippen LogP contribution >= 0.6 is 0 Å². The number of nitrogens with two attached hydrogens (primary N) is 1. The van der Waals surface area contributed by atoms with Gasteiger partial charge in [-0.3, -0.25) is 10.6 Å². The minimum atomic E-state index is -0.479. The van der Waals surface area contributed by atoms with E-state index in [1.165, 1.54) is 59.8 Å². The number of nitrogens with zero attached hydrogens (tertiary/aromatic N) is 1. The zero-order valence-corrected chi connectivity index (χ0v) is 36.3. The van der Waals surface area contributed by atoms with Crippen LogP contribution < -0.4 is 16.4 Å². The number of hydrogen-bond donors (Lipinski definition) is 3. The Kier molecular flexibility index (Phi) is 10.9. The first-order valence-electron chi connectivity index (χ1n) is 22.5. The first kappa shape index (κ1) is 40.6. The van der Waals surface area contributed by atoms with Crippen molar-refractivity contribution in [1.29, 1.82) is 5.26 Å². The van der Waals surface area contributed by atoms with Crippen molar-refractivity contribution < 1.29 is 0 Å². The molecule has 0 saturated carbocycles. The fraction of sp³-hybridized carbons (Fsp3) is 0.0484. The number of fused-ring (bicyclic) bond motifs is 5. The van der Waals surface area contributed by atoms with Gasteiger partial charge in [0.1, 0.15) is 0 Å². The van der Waals surface area contributed by atoms with Crippen molar-refractivity contribution in [2.24, 2.45) is 5.73 Å². The molecule has 0 aliphatic rings. The van der Waals surface area contributed by atoms with Gasteiger partial charge in [-0.15, -0.1) is 0 Å². The topological polar surface area (TPSA) is 73.9 Å². The van der Waals surface area contributed by atoms with Gasteiger partial charge in [0, 0.05) is 6.54 Å². The highest BCUT2D eigenvalue weighted by atomic mass is 15.2. The summed E-state index contributed by atoms with van der Waals surface area (Å²) in [5, 5.41) is 26.9. The highest BCUT2D eigenvalue weighted by Crippen LogP contribution is 2.46.